The molecule has 2 saturated heterocycles. The topological polar surface area (TPSA) is 98.6 Å². The van der Waals surface area contributed by atoms with Crippen molar-refractivity contribution in [3.63, 3.8) is 0 Å². The molecule has 0 unspecified atom stereocenters. The van der Waals surface area contributed by atoms with Crippen LogP contribution in [0.3, 0.4) is 0 Å². The number of nitrogens with one attached hydrogen (secondary N) is 1. The van der Waals surface area contributed by atoms with E-state index in [-0.39, 0.29) is 41.9 Å². The van der Waals surface area contributed by atoms with E-state index >= 15 is 8.78 Å². The number of pyridine rings is 1. The first-order valence-corrected chi connectivity index (χ1v) is 16.6. The van der Waals surface area contributed by atoms with Crippen LogP contribution >= 0.6 is 11.6 Å². The number of rotatable bonds is 9. The second-order valence-electron chi connectivity index (χ2n) is 12.6. The van der Waals surface area contributed by atoms with Gasteiger partial charge in [0, 0.05) is 55.7 Å². The number of aromatic nitrogens is 3. The third-order valence-electron chi connectivity index (χ3n) is 8.93. The lowest BCUT2D eigenvalue weighted by molar-refractivity contribution is 0.00512. The molecule has 0 bridgehead atoms. The van der Waals surface area contributed by atoms with Crippen molar-refractivity contribution in [2.75, 3.05) is 26.3 Å². The molecule has 4 aromatic rings. The van der Waals surface area contributed by atoms with Crippen molar-refractivity contribution in [3.05, 3.63) is 105 Å². The molecule has 12 heteroatoms. The van der Waals surface area contributed by atoms with E-state index in [4.69, 9.17) is 21.1 Å². The second kappa shape index (κ2) is 14.9. The SMILES string of the molecule is CC(C)c1ccc(-c2ccc(Oc3cc(C(=O)N[C@@H]4CCN(C5CCOCC5)C[C@@H]4F)c(F)cc3Cn3cc(Cl)ccc3=O)cc2)nn1. The standard InChI is InChI=1S/C36H38ClF2N5O4/c1-22(2)31-8-9-32(42-41-31)23-3-6-27(7-4-23)48-34-18-28(29(38)17-24(34)19-44-20-25(37)5-10-35(44)45)36(46)40-33-11-14-43(21-30(33)39)26-12-15-47-16-13-26/h3-10,17-18,20,22,26,30,33H,11-16,19,21H2,1-2H3,(H,40,46)/t30-,33+/m0/s1. The second-order valence-corrected chi connectivity index (χ2v) is 13.0. The van der Waals surface area contributed by atoms with Crippen molar-refractivity contribution in [3.8, 4) is 22.8 Å². The maximum absolute atomic E-state index is 15.6. The summed E-state index contributed by atoms with van der Waals surface area (Å²) in [7, 11) is 0. The van der Waals surface area contributed by atoms with Crippen molar-refractivity contribution in [1.29, 1.82) is 0 Å². The Bertz CT molecular complexity index is 1800. The molecule has 2 fully saturated rings. The number of ether oxygens (including phenoxy) is 2. The third-order valence-corrected chi connectivity index (χ3v) is 9.16. The largest absolute Gasteiger partial charge is 0.457 e. The zero-order valence-corrected chi connectivity index (χ0v) is 27.6. The van der Waals surface area contributed by atoms with Crippen LogP contribution in [0.5, 0.6) is 11.5 Å². The molecule has 2 aromatic carbocycles. The van der Waals surface area contributed by atoms with Crippen LogP contribution in [0.4, 0.5) is 8.78 Å². The molecule has 9 nitrogen and oxygen atoms in total. The zero-order valence-electron chi connectivity index (χ0n) is 26.9. The van der Waals surface area contributed by atoms with E-state index in [1.54, 1.807) is 12.1 Å². The number of amides is 1. The predicted molar refractivity (Wildman–Crippen MR) is 179 cm³/mol. The Kier molecular flexibility index (Phi) is 10.5. The minimum Gasteiger partial charge on any atom is -0.457 e. The van der Waals surface area contributed by atoms with Crippen LogP contribution in [0.1, 0.15) is 60.6 Å². The number of hydrogen-bond donors (Lipinski definition) is 1. The van der Waals surface area contributed by atoms with Crippen LogP contribution < -0.4 is 15.6 Å². The number of piperidine rings is 1. The Labute approximate surface area is 282 Å². The average molecular weight is 678 g/mol. The number of hydrogen-bond acceptors (Lipinski definition) is 7. The fraction of sp³-hybridized carbons (Fsp3) is 0.389. The van der Waals surface area contributed by atoms with Gasteiger partial charge in [0.1, 0.15) is 23.5 Å². The molecule has 0 aliphatic carbocycles. The molecule has 0 radical (unpaired) electrons. The first-order chi connectivity index (χ1) is 23.1. The van der Waals surface area contributed by atoms with E-state index < -0.39 is 23.9 Å². The number of alkyl halides is 1. The van der Waals surface area contributed by atoms with Crippen LogP contribution in [0.15, 0.2) is 71.7 Å². The first-order valence-electron chi connectivity index (χ1n) is 16.2. The van der Waals surface area contributed by atoms with Gasteiger partial charge < -0.3 is 19.4 Å². The number of carbonyl (C=O) groups excluding carboxylic acids is 1. The third kappa shape index (κ3) is 7.91. The molecule has 2 atom stereocenters. The van der Waals surface area contributed by atoms with Gasteiger partial charge in [0.15, 0.2) is 0 Å². The molecule has 48 heavy (non-hydrogen) atoms. The Balaban J connectivity index is 1.23. The first kappa shape index (κ1) is 33.7. The molecule has 1 N–H and O–H groups in total. The average Bonchev–Trinajstić information content (AvgIpc) is 3.09. The maximum atomic E-state index is 15.6. The fourth-order valence-electron chi connectivity index (χ4n) is 6.14. The van der Waals surface area contributed by atoms with E-state index in [0.29, 0.717) is 48.2 Å². The summed E-state index contributed by atoms with van der Waals surface area (Å²) in [5.74, 6) is -0.732. The molecule has 6 rings (SSSR count). The van der Waals surface area contributed by atoms with Crippen LogP contribution in [0, 0.1) is 5.82 Å². The molecule has 2 aliphatic rings. The minimum atomic E-state index is -1.30. The number of benzene rings is 2. The van der Waals surface area contributed by atoms with Crippen molar-refractivity contribution >= 4 is 17.5 Å². The van der Waals surface area contributed by atoms with Gasteiger partial charge in [0.2, 0.25) is 0 Å². The van der Waals surface area contributed by atoms with Gasteiger partial charge in [-0.15, -0.1) is 0 Å². The van der Waals surface area contributed by atoms with Gasteiger partial charge in [-0.2, -0.15) is 10.2 Å². The normalized spacial score (nSPS) is 19.0. The van der Waals surface area contributed by atoms with Gasteiger partial charge in [-0.1, -0.05) is 25.4 Å². The van der Waals surface area contributed by atoms with E-state index in [2.05, 4.69) is 20.4 Å². The van der Waals surface area contributed by atoms with Crippen molar-refractivity contribution in [2.24, 2.45) is 0 Å². The van der Waals surface area contributed by atoms with Gasteiger partial charge in [-0.3, -0.25) is 14.5 Å². The van der Waals surface area contributed by atoms with Gasteiger partial charge in [0.25, 0.3) is 11.5 Å². The highest BCUT2D eigenvalue weighted by atomic mass is 35.5. The Morgan fingerprint density at radius 2 is 1.83 bits per heavy atom. The lowest BCUT2D eigenvalue weighted by Gasteiger charge is -2.41. The van der Waals surface area contributed by atoms with Gasteiger partial charge >= 0.3 is 0 Å². The summed E-state index contributed by atoms with van der Waals surface area (Å²) in [4.78, 5) is 28.1. The van der Waals surface area contributed by atoms with E-state index in [1.807, 2.05) is 38.1 Å². The van der Waals surface area contributed by atoms with Crippen molar-refractivity contribution in [2.45, 2.75) is 63.8 Å². The summed E-state index contributed by atoms with van der Waals surface area (Å²) in [5, 5.41) is 11.7. The molecule has 0 saturated carbocycles. The maximum Gasteiger partial charge on any atom is 0.254 e. The van der Waals surface area contributed by atoms with E-state index in [0.717, 1.165) is 24.1 Å². The van der Waals surface area contributed by atoms with Crippen LogP contribution in [0.2, 0.25) is 5.02 Å². The quantitative estimate of drug-likeness (QED) is 0.220. The molecule has 4 heterocycles. The molecular formula is C36H38ClF2N5O4. The molecule has 1 amide bonds. The monoisotopic (exact) mass is 677 g/mol. The van der Waals surface area contributed by atoms with E-state index in [9.17, 15) is 9.59 Å². The van der Waals surface area contributed by atoms with Gasteiger partial charge in [0.05, 0.1) is 34.6 Å². The molecule has 0 spiro atoms. The van der Waals surface area contributed by atoms with Gasteiger partial charge in [-0.05, 0) is 79.8 Å². The zero-order chi connectivity index (χ0) is 33.8. The Morgan fingerprint density at radius 1 is 1.06 bits per heavy atom. The summed E-state index contributed by atoms with van der Waals surface area (Å²) < 4.78 is 43.9. The lowest BCUT2D eigenvalue weighted by atomic mass is 9.98. The lowest BCUT2D eigenvalue weighted by Crippen LogP contribution is -2.55. The van der Waals surface area contributed by atoms with Gasteiger partial charge in [-0.25, -0.2) is 8.78 Å². The summed E-state index contributed by atoms with van der Waals surface area (Å²) >= 11 is 6.13. The van der Waals surface area contributed by atoms with Crippen LogP contribution in [-0.2, 0) is 11.3 Å². The Hall–Kier alpha value is -4.19. The molecule has 2 aliphatic heterocycles. The highest BCUT2D eigenvalue weighted by molar-refractivity contribution is 6.30. The van der Waals surface area contributed by atoms with E-state index in [1.165, 1.54) is 35.0 Å². The smallest absolute Gasteiger partial charge is 0.254 e. The molecule has 2 aromatic heterocycles. The molecular weight excluding hydrogens is 640 g/mol. The fourth-order valence-corrected chi connectivity index (χ4v) is 6.32. The highest BCUT2D eigenvalue weighted by Crippen LogP contribution is 2.31. The number of likely N-dealkylation sites (tertiary alicyclic amines) is 1. The minimum absolute atomic E-state index is 0.0688. The summed E-state index contributed by atoms with van der Waals surface area (Å²) in [5.41, 5.74) is 2.08. The highest BCUT2D eigenvalue weighted by Gasteiger charge is 2.34. The van der Waals surface area contributed by atoms with Crippen LogP contribution in [0.25, 0.3) is 11.3 Å². The number of carbonyl (C=O) groups is 1. The number of nitrogens with zero attached hydrogens (tertiary/aromatic N) is 4. The summed E-state index contributed by atoms with van der Waals surface area (Å²) in [6, 6.07) is 15.7. The van der Waals surface area contributed by atoms with Crippen molar-refractivity contribution < 1.29 is 23.0 Å². The van der Waals surface area contributed by atoms with Crippen LogP contribution in [-0.4, -0.2) is 70.1 Å². The summed E-state index contributed by atoms with van der Waals surface area (Å²) in [6.07, 6.45) is 2.26. The predicted octanol–water partition coefficient (Wildman–Crippen LogP) is 6.38. The Morgan fingerprint density at radius 3 is 2.52 bits per heavy atom. The summed E-state index contributed by atoms with van der Waals surface area (Å²) in [6.45, 7) is 6.18. The molecule has 252 valence electrons. The number of halogens is 3. The van der Waals surface area contributed by atoms with Crippen molar-refractivity contribution in [1.82, 2.24) is 25.0 Å².